The lowest BCUT2D eigenvalue weighted by atomic mass is 9.97. The summed E-state index contributed by atoms with van der Waals surface area (Å²) in [5.74, 6) is 0.830. The van der Waals surface area contributed by atoms with Crippen molar-refractivity contribution < 1.29 is 0 Å². The number of nitrogens with one attached hydrogen (secondary N) is 2. The van der Waals surface area contributed by atoms with E-state index >= 15 is 0 Å². The van der Waals surface area contributed by atoms with Crippen molar-refractivity contribution in [2.75, 3.05) is 0 Å². The van der Waals surface area contributed by atoms with Gasteiger partial charge in [0.2, 0.25) is 0 Å². The van der Waals surface area contributed by atoms with E-state index in [9.17, 15) is 0 Å². The first-order chi connectivity index (χ1) is 7.72. The van der Waals surface area contributed by atoms with Gasteiger partial charge in [-0.05, 0) is 12.0 Å². The third-order valence-electron chi connectivity index (χ3n) is 2.60. The molecule has 0 radical (unpaired) electrons. The molecular formula is C12H14N4. The van der Waals surface area contributed by atoms with Crippen LogP contribution in [0.25, 0.3) is 11.3 Å². The number of aromatic amines is 2. The largest absolute Gasteiger partial charge is 0.367 e. The fourth-order valence-electron chi connectivity index (χ4n) is 1.66. The van der Waals surface area contributed by atoms with Gasteiger partial charge < -0.3 is 9.97 Å². The Morgan fingerprint density at radius 2 is 2.25 bits per heavy atom. The van der Waals surface area contributed by atoms with Gasteiger partial charge in [-0.15, -0.1) is 0 Å². The molecule has 2 aromatic heterocycles. The molecule has 0 aromatic carbocycles. The highest BCUT2D eigenvalue weighted by atomic mass is 14.9. The Kier molecular flexibility index (Phi) is 2.78. The standard InChI is InChI=1S/C12H14N4/c1-8(2)10(5-13)12-15-7-11(16-12)9-3-4-14-6-9/h3-4,6-8,10,14H,1-2H3,(H,15,16). The first kappa shape index (κ1) is 10.5. The van der Waals surface area contributed by atoms with Crippen LogP contribution in [-0.4, -0.2) is 15.0 Å². The zero-order valence-electron chi connectivity index (χ0n) is 9.36. The van der Waals surface area contributed by atoms with Crippen LogP contribution in [0, 0.1) is 17.2 Å². The van der Waals surface area contributed by atoms with Crippen molar-refractivity contribution >= 4 is 0 Å². The SMILES string of the molecule is CC(C)C(C#N)c1ncc(-c2cc[nH]c2)[nH]1. The predicted octanol–water partition coefficient (Wildman–Crippen LogP) is 2.67. The minimum atomic E-state index is -0.173. The van der Waals surface area contributed by atoms with Crippen molar-refractivity contribution in [3.63, 3.8) is 0 Å². The molecule has 82 valence electrons. The molecule has 1 atom stereocenters. The van der Waals surface area contributed by atoms with Gasteiger partial charge in [0, 0.05) is 18.0 Å². The molecule has 0 aliphatic carbocycles. The summed E-state index contributed by atoms with van der Waals surface area (Å²) in [6, 6.07) is 4.24. The molecule has 4 nitrogen and oxygen atoms in total. The average molecular weight is 214 g/mol. The second-order valence-electron chi connectivity index (χ2n) is 4.13. The van der Waals surface area contributed by atoms with Crippen LogP contribution >= 0.6 is 0 Å². The summed E-state index contributed by atoms with van der Waals surface area (Å²) in [5, 5.41) is 9.07. The Labute approximate surface area is 94.3 Å². The van der Waals surface area contributed by atoms with Crippen LogP contribution in [-0.2, 0) is 0 Å². The van der Waals surface area contributed by atoms with E-state index in [1.165, 1.54) is 0 Å². The fourth-order valence-corrected chi connectivity index (χ4v) is 1.66. The third kappa shape index (κ3) is 1.84. The van der Waals surface area contributed by atoms with Crippen LogP contribution in [0.2, 0.25) is 0 Å². The Morgan fingerprint density at radius 1 is 1.44 bits per heavy atom. The molecule has 2 N–H and O–H groups in total. The summed E-state index contributed by atoms with van der Waals surface area (Å²) >= 11 is 0. The molecule has 0 aliphatic rings. The molecule has 0 saturated heterocycles. The normalized spacial score (nSPS) is 12.6. The third-order valence-corrected chi connectivity index (χ3v) is 2.60. The molecule has 0 amide bonds. The highest BCUT2D eigenvalue weighted by Gasteiger charge is 2.18. The van der Waals surface area contributed by atoms with Gasteiger partial charge in [-0.25, -0.2) is 4.98 Å². The van der Waals surface area contributed by atoms with Gasteiger partial charge in [-0.3, -0.25) is 0 Å². The Balaban J connectivity index is 2.30. The molecule has 4 heteroatoms. The highest BCUT2D eigenvalue weighted by Crippen LogP contribution is 2.24. The summed E-state index contributed by atoms with van der Waals surface area (Å²) < 4.78 is 0. The summed E-state index contributed by atoms with van der Waals surface area (Å²) in [6.07, 6.45) is 5.53. The van der Waals surface area contributed by atoms with Crippen LogP contribution in [0.5, 0.6) is 0 Å². The molecule has 0 aliphatic heterocycles. The number of H-pyrrole nitrogens is 2. The van der Waals surface area contributed by atoms with E-state index in [1.807, 2.05) is 32.3 Å². The number of hydrogen-bond donors (Lipinski definition) is 2. The number of imidazole rings is 1. The van der Waals surface area contributed by atoms with Crippen molar-refractivity contribution in [1.82, 2.24) is 15.0 Å². The number of hydrogen-bond acceptors (Lipinski definition) is 2. The molecule has 0 saturated carbocycles. The van der Waals surface area contributed by atoms with Crippen LogP contribution in [0.3, 0.4) is 0 Å². The summed E-state index contributed by atoms with van der Waals surface area (Å²) in [5.41, 5.74) is 2.00. The lowest BCUT2D eigenvalue weighted by Gasteiger charge is -2.08. The van der Waals surface area contributed by atoms with Gasteiger partial charge in [0.1, 0.15) is 11.7 Å². The maximum absolute atomic E-state index is 9.07. The van der Waals surface area contributed by atoms with Crippen LogP contribution < -0.4 is 0 Å². The quantitative estimate of drug-likeness (QED) is 0.824. The number of nitrogens with zero attached hydrogens (tertiary/aromatic N) is 2. The molecule has 0 fully saturated rings. The topological polar surface area (TPSA) is 68.3 Å². The molecule has 2 heterocycles. The minimum absolute atomic E-state index is 0.173. The van der Waals surface area contributed by atoms with Crippen molar-refractivity contribution in [3.05, 3.63) is 30.5 Å². The van der Waals surface area contributed by atoms with E-state index < -0.39 is 0 Å². The Hall–Kier alpha value is -2.02. The van der Waals surface area contributed by atoms with E-state index in [1.54, 1.807) is 6.20 Å². The summed E-state index contributed by atoms with van der Waals surface area (Å²) in [6.45, 7) is 4.04. The van der Waals surface area contributed by atoms with Gasteiger partial charge in [0.25, 0.3) is 0 Å². The van der Waals surface area contributed by atoms with E-state index in [4.69, 9.17) is 5.26 Å². The van der Waals surface area contributed by atoms with E-state index in [0.29, 0.717) is 0 Å². The monoisotopic (exact) mass is 214 g/mol. The van der Waals surface area contributed by atoms with Crippen LogP contribution in [0.15, 0.2) is 24.7 Å². The van der Waals surface area contributed by atoms with E-state index in [-0.39, 0.29) is 11.8 Å². The Bertz CT molecular complexity index is 487. The first-order valence-electron chi connectivity index (χ1n) is 5.30. The summed E-state index contributed by atoms with van der Waals surface area (Å²) in [4.78, 5) is 10.5. The van der Waals surface area contributed by atoms with Gasteiger partial charge in [-0.2, -0.15) is 5.26 Å². The van der Waals surface area contributed by atoms with Crippen molar-refractivity contribution in [2.45, 2.75) is 19.8 Å². The Morgan fingerprint density at radius 3 is 2.81 bits per heavy atom. The summed E-state index contributed by atoms with van der Waals surface area (Å²) in [7, 11) is 0. The van der Waals surface area contributed by atoms with Gasteiger partial charge in [0.15, 0.2) is 0 Å². The minimum Gasteiger partial charge on any atom is -0.367 e. The zero-order valence-corrected chi connectivity index (χ0v) is 9.36. The molecule has 2 rings (SSSR count). The van der Waals surface area contributed by atoms with Gasteiger partial charge in [-0.1, -0.05) is 13.8 Å². The smallest absolute Gasteiger partial charge is 0.124 e. The van der Waals surface area contributed by atoms with Gasteiger partial charge >= 0.3 is 0 Å². The number of rotatable bonds is 3. The van der Waals surface area contributed by atoms with Crippen molar-refractivity contribution in [3.8, 4) is 17.3 Å². The average Bonchev–Trinajstić information content (AvgIpc) is 2.86. The molecular weight excluding hydrogens is 200 g/mol. The van der Waals surface area contributed by atoms with Crippen molar-refractivity contribution in [2.24, 2.45) is 5.92 Å². The van der Waals surface area contributed by atoms with E-state index in [0.717, 1.165) is 17.1 Å². The molecule has 2 aromatic rings. The van der Waals surface area contributed by atoms with Gasteiger partial charge in [0.05, 0.1) is 18.0 Å². The molecule has 1 unspecified atom stereocenters. The molecule has 0 spiro atoms. The number of aromatic nitrogens is 3. The predicted molar refractivity (Wildman–Crippen MR) is 61.6 cm³/mol. The maximum atomic E-state index is 9.07. The second kappa shape index (κ2) is 4.23. The lowest BCUT2D eigenvalue weighted by molar-refractivity contribution is 0.566. The molecule has 0 bridgehead atoms. The molecule has 16 heavy (non-hydrogen) atoms. The lowest BCUT2D eigenvalue weighted by Crippen LogP contribution is -2.05. The van der Waals surface area contributed by atoms with Crippen LogP contribution in [0.4, 0.5) is 0 Å². The fraction of sp³-hybridized carbons (Fsp3) is 0.333. The van der Waals surface area contributed by atoms with Crippen LogP contribution in [0.1, 0.15) is 25.6 Å². The highest BCUT2D eigenvalue weighted by molar-refractivity contribution is 5.57. The zero-order chi connectivity index (χ0) is 11.5. The van der Waals surface area contributed by atoms with Crippen molar-refractivity contribution in [1.29, 1.82) is 5.26 Å². The first-order valence-corrected chi connectivity index (χ1v) is 5.30. The number of nitriles is 1. The second-order valence-corrected chi connectivity index (χ2v) is 4.13. The van der Waals surface area contributed by atoms with E-state index in [2.05, 4.69) is 21.0 Å². The maximum Gasteiger partial charge on any atom is 0.124 e.